The normalized spacial score (nSPS) is 11.8. The van der Waals surface area contributed by atoms with E-state index in [1.807, 2.05) is 30.3 Å². The lowest BCUT2D eigenvalue weighted by Gasteiger charge is -2.06. The van der Waals surface area contributed by atoms with Crippen LogP contribution in [0.4, 0.5) is 10.5 Å². The number of amides is 2. The van der Waals surface area contributed by atoms with E-state index in [0.29, 0.717) is 6.54 Å². The van der Waals surface area contributed by atoms with Crippen molar-refractivity contribution in [2.45, 2.75) is 53.4 Å². The van der Waals surface area contributed by atoms with E-state index in [9.17, 15) is 4.79 Å². The second-order valence-electron chi connectivity index (χ2n) is 6.66. The van der Waals surface area contributed by atoms with E-state index in [4.69, 9.17) is 0 Å². The fourth-order valence-electron chi connectivity index (χ4n) is 2.35. The molecule has 3 heteroatoms. The fraction of sp³-hybridized carbons (Fsp3) is 0.409. The van der Waals surface area contributed by atoms with Crippen LogP contribution in [0, 0.1) is 0 Å². The third-order valence-corrected chi connectivity index (χ3v) is 3.87. The Bertz CT molecular complexity index is 608. The summed E-state index contributed by atoms with van der Waals surface area (Å²) in [6.45, 7) is 9.15. The van der Waals surface area contributed by atoms with E-state index in [0.717, 1.165) is 31.4 Å². The zero-order chi connectivity index (χ0) is 18.5. The summed E-state index contributed by atoms with van der Waals surface area (Å²) in [4.78, 5) is 11.8. The number of benzene rings is 1. The first-order valence-corrected chi connectivity index (χ1v) is 9.02. The maximum Gasteiger partial charge on any atom is 0.319 e. The molecule has 0 fully saturated rings. The number of anilines is 1. The highest BCUT2D eigenvalue weighted by atomic mass is 16.2. The highest BCUT2D eigenvalue weighted by molar-refractivity contribution is 5.89. The number of hydrogen-bond donors (Lipinski definition) is 2. The maximum atomic E-state index is 11.8. The van der Waals surface area contributed by atoms with Crippen LogP contribution in [0.1, 0.15) is 53.4 Å². The molecule has 0 saturated heterocycles. The number of carbonyl (C=O) groups excluding carboxylic acids is 1. The predicted octanol–water partition coefficient (Wildman–Crippen LogP) is 6.23. The Labute approximate surface area is 152 Å². The summed E-state index contributed by atoms with van der Waals surface area (Å²) in [5, 5.41) is 5.66. The van der Waals surface area contributed by atoms with E-state index >= 15 is 0 Å². The standard InChI is InChI=1S/C22H32N2O/c1-18(2)10-8-11-19(3)12-9-13-20(4)16-17-23-22(25)24-21-14-6-5-7-15-21/h5-7,10,12,14-16H,8-9,11,13,17H2,1-4H3,(H2,23,24,25). The number of allylic oxidation sites excluding steroid dienone is 5. The van der Waals surface area contributed by atoms with Gasteiger partial charge in [0.25, 0.3) is 0 Å². The third kappa shape index (κ3) is 11.0. The molecule has 0 spiro atoms. The summed E-state index contributed by atoms with van der Waals surface area (Å²) in [6, 6.07) is 9.28. The largest absolute Gasteiger partial charge is 0.334 e. The summed E-state index contributed by atoms with van der Waals surface area (Å²) in [7, 11) is 0. The quantitative estimate of drug-likeness (QED) is 0.514. The molecule has 0 heterocycles. The van der Waals surface area contributed by atoms with Gasteiger partial charge in [-0.05, 0) is 65.5 Å². The molecule has 2 amide bonds. The number of para-hydroxylation sites is 1. The van der Waals surface area contributed by atoms with Crippen molar-refractivity contribution < 1.29 is 4.79 Å². The Morgan fingerprint density at radius 1 is 0.880 bits per heavy atom. The SMILES string of the molecule is CC(C)=CCCC(C)=CCCC(C)=CCNC(=O)Nc1ccccc1. The van der Waals surface area contributed by atoms with Gasteiger partial charge in [0.1, 0.15) is 0 Å². The molecule has 0 bridgehead atoms. The van der Waals surface area contributed by atoms with Crippen LogP contribution in [-0.4, -0.2) is 12.6 Å². The van der Waals surface area contributed by atoms with Crippen molar-refractivity contribution in [3.8, 4) is 0 Å². The smallest absolute Gasteiger partial charge is 0.319 e. The Morgan fingerprint density at radius 2 is 1.48 bits per heavy atom. The Morgan fingerprint density at radius 3 is 2.12 bits per heavy atom. The molecule has 1 aromatic carbocycles. The molecular formula is C22H32N2O. The third-order valence-electron chi connectivity index (χ3n) is 3.87. The van der Waals surface area contributed by atoms with Crippen molar-refractivity contribution in [2.24, 2.45) is 0 Å². The molecule has 1 rings (SSSR count). The van der Waals surface area contributed by atoms with Crippen molar-refractivity contribution in [3.63, 3.8) is 0 Å². The van der Waals surface area contributed by atoms with Crippen molar-refractivity contribution >= 4 is 11.7 Å². The average molecular weight is 341 g/mol. The first kappa shape index (κ1) is 20.8. The first-order chi connectivity index (χ1) is 12.0. The van der Waals surface area contributed by atoms with Crippen LogP contribution in [0.15, 0.2) is 65.3 Å². The Hall–Kier alpha value is -2.29. The van der Waals surface area contributed by atoms with E-state index < -0.39 is 0 Å². The van der Waals surface area contributed by atoms with Gasteiger partial charge in [-0.1, -0.05) is 53.1 Å². The molecule has 3 nitrogen and oxygen atoms in total. The number of hydrogen-bond acceptors (Lipinski definition) is 1. The number of rotatable bonds is 9. The van der Waals surface area contributed by atoms with Gasteiger partial charge in [0.05, 0.1) is 0 Å². The van der Waals surface area contributed by atoms with E-state index in [1.165, 1.54) is 16.7 Å². The second kappa shape index (κ2) is 12.1. The molecule has 0 aliphatic rings. The summed E-state index contributed by atoms with van der Waals surface area (Å²) >= 11 is 0. The maximum absolute atomic E-state index is 11.8. The van der Waals surface area contributed by atoms with Crippen molar-refractivity contribution in [1.82, 2.24) is 5.32 Å². The Kier molecular flexibility index (Phi) is 10.1. The first-order valence-electron chi connectivity index (χ1n) is 9.02. The molecule has 1 aromatic rings. The van der Waals surface area contributed by atoms with Crippen LogP contribution in [-0.2, 0) is 0 Å². The van der Waals surface area contributed by atoms with Crippen LogP contribution in [0.2, 0.25) is 0 Å². The van der Waals surface area contributed by atoms with Crippen molar-refractivity contribution in [3.05, 3.63) is 65.3 Å². The molecule has 0 aliphatic heterocycles. The van der Waals surface area contributed by atoms with Gasteiger partial charge in [0, 0.05) is 12.2 Å². The molecular weight excluding hydrogens is 308 g/mol. The fourth-order valence-corrected chi connectivity index (χ4v) is 2.35. The van der Waals surface area contributed by atoms with Gasteiger partial charge >= 0.3 is 6.03 Å². The summed E-state index contributed by atoms with van der Waals surface area (Å²) in [5.41, 5.74) is 4.93. The number of nitrogens with one attached hydrogen (secondary N) is 2. The molecule has 2 N–H and O–H groups in total. The molecule has 0 atom stereocenters. The van der Waals surface area contributed by atoms with Crippen LogP contribution >= 0.6 is 0 Å². The van der Waals surface area contributed by atoms with Gasteiger partial charge in [0.2, 0.25) is 0 Å². The monoisotopic (exact) mass is 340 g/mol. The molecule has 0 aromatic heterocycles. The Balaban J connectivity index is 2.22. The van der Waals surface area contributed by atoms with E-state index in [1.54, 1.807) is 0 Å². The highest BCUT2D eigenvalue weighted by Gasteiger charge is 1.99. The van der Waals surface area contributed by atoms with Crippen LogP contribution in [0.25, 0.3) is 0 Å². The molecule has 136 valence electrons. The minimum Gasteiger partial charge on any atom is -0.334 e. The van der Waals surface area contributed by atoms with E-state index in [-0.39, 0.29) is 6.03 Å². The van der Waals surface area contributed by atoms with Gasteiger partial charge in [-0.3, -0.25) is 0 Å². The van der Waals surface area contributed by atoms with Gasteiger partial charge in [-0.25, -0.2) is 4.79 Å². The van der Waals surface area contributed by atoms with Crippen LogP contribution in [0.5, 0.6) is 0 Å². The van der Waals surface area contributed by atoms with Crippen LogP contribution in [0.3, 0.4) is 0 Å². The topological polar surface area (TPSA) is 41.1 Å². The van der Waals surface area contributed by atoms with Gasteiger partial charge < -0.3 is 10.6 Å². The zero-order valence-electron chi connectivity index (χ0n) is 16.1. The molecule has 0 saturated carbocycles. The van der Waals surface area contributed by atoms with E-state index in [2.05, 4.69) is 56.6 Å². The molecule has 0 radical (unpaired) electrons. The zero-order valence-corrected chi connectivity index (χ0v) is 16.1. The lowest BCUT2D eigenvalue weighted by atomic mass is 10.1. The summed E-state index contributed by atoms with van der Waals surface area (Å²) in [5.74, 6) is 0. The van der Waals surface area contributed by atoms with Crippen molar-refractivity contribution in [2.75, 3.05) is 11.9 Å². The minimum absolute atomic E-state index is 0.176. The lowest BCUT2D eigenvalue weighted by Crippen LogP contribution is -2.28. The second-order valence-corrected chi connectivity index (χ2v) is 6.66. The molecule has 0 unspecified atom stereocenters. The predicted molar refractivity (Wildman–Crippen MR) is 109 cm³/mol. The highest BCUT2D eigenvalue weighted by Crippen LogP contribution is 2.11. The minimum atomic E-state index is -0.176. The summed E-state index contributed by atoms with van der Waals surface area (Å²) < 4.78 is 0. The number of carbonyl (C=O) groups is 1. The lowest BCUT2D eigenvalue weighted by molar-refractivity contribution is 0.253. The molecule has 25 heavy (non-hydrogen) atoms. The van der Waals surface area contributed by atoms with Gasteiger partial charge in [-0.2, -0.15) is 0 Å². The average Bonchev–Trinajstić information content (AvgIpc) is 2.55. The number of urea groups is 1. The van der Waals surface area contributed by atoms with Gasteiger partial charge in [-0.15, -0.1) is 0 Å². The van der Waals surface area contributed by atoms with Crippen LogP contribution < -0.4 is 10.6 Å². The van der Waals surface area contributed by atoms with Crippen molar-refractivity contribution in [1.29, 1.82) is 0 Å². The van der Waals surface area contributed by atoms with Gasteiger partial charge in [0.15, 0.2) is 0 Å². The summed E-state index contributed by atoms with van der Waals surface area (Å²) in [6.07, 6.45) is 11.0. The molecule has 0 aliphatic carbocycles.